The quantitative estimate of drug-likeness (QED) is 0.665. The molecule has 1 atom stereocenters. The van der Waals surface area contributed by atoms with Crippen LogP contribution in [0.3, 0.4) is 0 Å². The molecule has 0 aliphatic heterocycles. The Morgan fingerprint density at radius 3 is 2.72 bits per heavy atom. The molecule has 2 rings (SSSR count). The number of benzene rings is 1. The number of para-hydroxylation sites is 1. The zero-order valence-corrected chi connectivity index (χ0v) is 10.8. The second-order valence-corrected chi connectivity index (χ2v) is 4.93. The molecule has 1 unspecified atom stereocenters. The summed E-state index contributed by atoms with van der Waals surface area (Å²) in [4.78, 5) is 11.8. The van der Waals surface area contributed by atoms with Gasteiger partial charge in [-0.1, -0.05) is 24.3 Å². The van der Waals surface area contributed by atoms with Crippen LogP contribution in [0.2, 0.25) is 0 Å². The number of nitrogens with zero attached hydrogens (tertiary/aromatic N) is 1. The molecule has 0 bridgehead atoms. The van der Waals surface area contributed by atoms with E-state index in [1.807, 2.05) is 36.7 Å². The Morgan fingerprint density at radius 2 is 2.11 bits per heavy atom. The van der Waals surface area contributed by atoms with Gasteiger partial charge < -0.3 is 5.32 Å². The largest absolute Gasteiger partial charge is 0.312 e. The molecule has 0 spiro atoms. The van der Waals surface area contributed by atoms with E-state index in [0.717, 1.165) is 5.56 Å². The van der Waals surface area contributed by atoms with Crippen LogP contribution < -0.4 is 5.32 Å². The topological polar surface area (TPSA) is 55.2 Å². The predicted molar refractivity (Wildman–Crippen MR) is 72.9 cm³/mol. The van der Waals surface area contributed by atoms with Crippen molar-refractivity contribution in [3.8, 4) is 0 Å². The van der Waals surface area contributed by atoms with Crippen molar-refractivity contribution in [2.75, 3.05) is 7.05 Å². The average molecular weight is 262 g/mol. The zero-order chi connectivity index (χ0) is 13.0. The Kier molecular flexibility index (Phi) is 4.07. The summed E-state index contributed by atoms with van der Waals surface area (Å²) >= 11 is 1.66. The van der Waals surface area contributed by atoms with E-state index < -0.39 is 0 Å². The molecular formula is C13H14N2O2S. The van der Waals surface area contributed by atoms with Crippen LogP contribution in [0.25, 0.3) is 0 Å². The van der Waals surface area contributed by atoms with Gasteiger partial charge in [-0.3, -0.25) is 10.1 Å². The average Bonchev–Trinajstić information content (AvgIpc) is 2.90. The van der Waals surface area contributed by atoms with Crippen LogP contribution >= 0.6 is 11.3 Å². The summed E-state index contributed by atoms with van der Waals surface area (Å²) in [6.45, 7) is 0. The van der Waals surface area contributed by atoms with Crippen molar-refractivity contribution < 1.29 is 4.92 Å². The van der Waals surface area contributed by atoms with E-state index in [4.69, 9.17) is 0 Å². The van der Waals surface area contributed by atoms with Gasteiger partial charge in [-0.15, -0.1) is 11.3 Å². The standard InChI is InChI=1S/C13H14N2O2S/c1-14-11(13-7-4-8-18-13)9-10-5-2-3-6-12(10)15(16)17/h2-8,11,14H,9H2,1H3. The maximum Gasteiger partial charge on any atom is 0.272 e. The van der Waals surface area contributed by atoms with Crippen LogP contribution in [0.1, 0.15) is 16.5 Å². The highest BCUT2D eigenvalue weighted by atomic mass is 32.1. The molecule has 94 valence electrons. The van der Waals surface area contributed by atoms with E-state index >= 15 is 0 Å². The summed E-state index contributed by atoms with van der Waals surface area (Å²) in [5, 5.41) is 16.2. The number of thiophene rings is 1. The maximum atomic E-state index is 11.0. The molecule has 18 heavy (non-hydrogen) atoms. The van der Waals surface area contributed by atoms with Gasteiger partial charge in [0.25, 0.3) is 5.69 Å². The number of likely N-dealkylation sites (N-methyl/N-ethyl adjacent to an activating group) is 1. The summed E-state index contributed by atoms with van der Waals surface area (Å²) in [6.07, 6.45) is 0.619. The fraction of sp³-hybridized carbons (Fsp3) is 0.231. The highest BCUT2D eigenvalue weighted by Gasteiger charge is 2.18. The number of hydrogen-bond donors (Lipinski definition) is 1. The third-order valence-electron chi connectivity index (χ3n) is 2.85. The predicted octanol–water partition coefficient (Wildman–Crippen LogP) is 3.16. The minimum atomic E-state index is -0.323. The van der Waals surface area contributed by atoms with Gasteiger partial charge in [0.15, 0.2) is 0 Å². The first-order valence-electron chi connectivity index (χ1n) is 5.65. The molecule has 5 heteroatoms. The smallest absolute Gasteiger partial charge is 0.272 e. The molecule has 0 radical (unpaired) electrons. The molecule has 0 saturated carbocycles. The van der Waals surface area contributed by atoms with Gasteiger partial charge in [-0.25, -0.2) is 0 Å². The fourth-order valence-electron chi connectivity index (χ4n) is 1.92. The van der Waals surface area contributed by atoms with Crippen molar-refractivity contribution in [1.82, 2.24) is 5.32 Å². The lowest BCUT2D eigenvalue weighted by atomic mass is 10.0. The molecule has 2 aromatic rings. The minimum absolute atomic E-state index is 0.117. The Bertz CT molecular complexity index is 526. The van der Waals surface area contributed by atoms with Crippen molar-refractivity contribution in [2.24, 2.45) is 0 Å². The van der Waals surface area contributed by atoms with Crippen molar-refractivity contribution in [3.63, 3.8) is 0 Å². The number of nitrogens with one attached hydrogen (secondary N) is 1. The third kappa shape index (κ3) is 2.75. The highest BCUT2D eigenvalue weighted by Crippen LogP contribution is 2.26. The number of nitro groups is 1. The van der Waals surface area contributed by atoms with Crippen LogP contribution in [0, 0.1) is 10.1 Å². The Hall–Kier alpha value is -1.72. The van der Waals surface area contributed by atoms with Crippen molar-refractivity contribution in [1.29, 1.82) is 0 Å². The second-order valence-electron chi connectivity index (χ2n) is 3.95. The number of nitro benzene ring substituents is 1. The van der Waals surface area contributed by atoms with Gasteiger partial charge in [0.2, 0.25) is 0 Å². The number of hydrogen-bond acceptors (Lipinski definition) is 4. The Labute approximate surface area is 109 Å². The summed E-state index contributed by atoms with van der Waals surface area (Å²) in [6, 6.07) is 11.0. The maximum absolute atomic E-state index is 11.0. The van der Waals surface area contributed by atoms with Crippen molar-refractivity contribution >= 4 is 17.0 Å². The minimum Gasteiger partial charge on any atom is -0.312 e. The van der Waals surface area contributed by atoms with Gasteiger partial charge in [0.05, 0.1) is 4.92 Å². The molecule has 0 fully saturated rings. The molecule has 0 saturated heterocycles. The van der Waals surface area contributed by atoms with Crippen LogP contribution in [-0.4, -0.2) is 12.0 Å². The first kappa shape index (κ1) is 12.7. The molecule has 1 N–H and O–H groups in total. The fourth-order valence-corrected chi connectivity index (χ4v) is 2.75. The van der Waals surface area contributed by atoms with Crippen LogP contribution in [0.15, 0.2) is 41.8 Å². The third-order valence-corrected chi connectivity index (χ3v) is 3.83. The molecule has 1 aromatic carbocycles. The second kappa shape index (κ2) is 5.75. The summed E-state index contributed by atoms with van der Waals surface area (Å²) in [5.74, 6) is 0. The molecule has 0 amide bonds. The first-order valence-corrected chi connectivity index (χ1v) is 6.53. The molecule has 0 aliphatic carbocycles. The van der Waals surface area contributed by atoms with Gasteiger partial charge in [-0.2, -0.15) is 0 Å². The van der Waals surface area contributed by atoms with E-state index in [1.165, 1.54) is 4.88 Å². The highest BCUT2D eigenvalue weighted by molar-refractivity contribution is 7.10. The van der Waals surface area contributed by atoms with E-state index in [0.29, 0.717) is 6.42 Å². The van der Waals surface area contributed by atoms with Crippen molar-refractivity contribution in [3.05, 3.63) is 62.3 Å². The lowest BCUT2D eigenvalue weighted by Crippen LogP contribution is -2.18. The SMILES string of the molecule is CNC(Cc1ccccc1[N+](=O)[O-])c1cccs1. The summed E-state index contributed by atoms with van der Waals surface area (Å²) in [5.41, 5.74) is 0.949. The lowest BCUT2D eigenvalue weighted by Gasteiger charge is -2.14. The van der Waals surface area contributed by atoms with Gasteiger partial charge in [0, 0.05) is 22.5 Å². The van der Waals surface area contributed by atoms with E-state index in [1.54, 1.807) is 23.5 Å². The Morgan fingerprint density at radius 1 is 1.33 bits per heavy atom. The van der Waals surface area contributed by atoms with E-state index in [9.17, 15) is 10.1 Å². The van der Waals surface area contributed by atoms with Crippen molar-refractivity contribution in [2.45, 2.75) is 12.5 Å². The number of rotatable bonds is 5. The first-order chi connectivity index (χ1) is 8.72. The molecule has 4 nitrogen and oxygen atoms in total. The van der Waals surface area contributed by atoms with Crippen LogP contribution in [0.5, 0.6) is 0 Å². The normalized spacial score (nSPS) is 12.3. The lowest BCUT2D eigenvalue weighted by molar-refractivity contribution is -0.385. The zero-order valence-electron chi connectivity index (χ0n) is 10.00. The Balaban J connectivity index is 2.25. The summed E-state index contributed by atoms with van der Waals surface area (Å²) < 4.78 is 0. The van der Waals surface area contributed by atoms with Gasteiger partial charge in [0.1, 0.15) is 0 Å². The van der Waals surface area contributed by atoms with E-state index in [2.05, 4.69) is 5.32 Å². The van der Waals surface area contributed by atoms with Gasteiger partial charge in [-0.05, 0) is 24.9 Å². The summed E-state index contributed by atoms with van der Waals surface area (Å²) in [7, 11) is 1.87. The molecular weight excluding hydrogens is 248 g/mol. The molecule has 0 aliphatic rings. The van der Waals surface area contributed by atoms with E-state index in [-0.39, 0.29) is 16.7 Å². The molecule has 1 aromatic heterocycles. The van der Waals surface area contributed by atoms with Crippen LogP contribution in [-0.2, 0) is 6.42 Å². The monoisotopic (exact) mass is 262 g/mol. The van der Waals surface area contributed by atoms with Crippen LogP contribution in [0.4, 0.5) is 5.69 Å². The molecule has 1 heterocycles. The van der Waals surface area contributed by atoms with Gasteiger partial charge >= 0.3 is 0 Å².